The van der Waals surface area contributed by atoms with E-state index >= 15 is 0 Å². The molecule has 0 radical (unpaired) electrons. The minimum atomic E-state index is 0.0550. The molecule has 0 fully saturated rings. The topological polar surface area (TPSA) is 171 Å². The second-order valence-corrected chi connectivity index (χ2v) is 12.8. The lowest BCUT2D eigenvalue weighted by Crippen LogP contribution is -2.20. The number of rotatable bonds is 12. The van der Waals surface area contributed by atoms with Crippen molar-refractivity contribution in [1.29, 1.82) is 0 Å². The van der Waals surface area contributed by atoms with Crippen molar-refractivity contribution in [1.82, 2.24) is 0 Å². The van der Waals surface area contributed by atoms with Gasteiger partial charge >= 0.3 is 0 Å². The molecule has 0 saturated heterocycles. The third kappa shape index (κ3) is 13.9. The first-order valence-corrected chi connectivity index (χ1v) is 17.1. The van der Waals surface area contributed by atoms with Crippen LogP contribution in [0.4, 0.5) is 0 Å². The molecule has 12 nitrogen and oxygen atoms in total. The van der Waals surface area contributed by atoms with Gasteiger partial charge < -0.3 is 45.6 Å². The Labute approximate surface area is 299 Å². The minimum Gasteiger partial charge on any atom is -0.491 e. The lowest BCUT2D eigenvalue weighted by molar-refractivity contribution is 0.189. The number of benzene rings is 3. The van der Waals surface area contributed by atoms with Crippen LogP contribution in [0.2, 0.25) is 5.02 Å². The smallest absolute Gasteiger partial charge is 0.282 e. The van der Waals surface area contributed by atoms with Gasteiger partial charge in [0.1, 0.15) is 37.1 Å². The maximum Gasteiger partial charge on any atom is 0.282 e. The quantitative estimate of drug-likeness (QED) is 0.216. The summed E-state index contributed by atoms with van der Waals surface area (Å²) < 4.78 is 32.6. The summed E-state index contributed by atoms with van der Waals surface area (Å²) >= 11 is 5.80. The molecule has 3 aromatic rings. The van der Waals surface area contributed by atoms with E-state index in [0.717, 1.165) is 36.5 Å². The van der Waals surface area contributed by atoms with Gasteiger partial charge in [0, 0.05) is 24.3 Å². The van der Waals surface area contributed by atoms with Gasteiger partial charge in [0.25, 0.3) is 18.1 Å². The van der Waals surface area contributed by atoms with Gasteiger partial charge in [-0.05, 0) is 81.8 Å². The Balaban J connectivity index is 0.000000169. The molecular weight excluding hydrogens is 660 g/mol. The Kier molecular flexibility index (Phi) is 14.7. The van der Waals surface area contributed by atoms with Crippen LogP contribution in [0.25, 0.3) is 0 Å². The highest BCUT2D eigenvalue weighted by molar-refractivity contribution is 6.30. The van der Waals surface area contributed by atoms with Crippen molar-refractivity contribution in [2.45, 2.75) is 83.4 Å². The molecule has 0 aromatic heterocycles. The standard InChI is InChI=1S/C13H18N2O2.C12H15ClN2O2.C12H16N2O2/c1-9-4-3-5-12(6-9)17-10(2)7-11-8-16-13(14)15-11;1-8(6-10-7-16-12(14)15-10)17-11-4-2-9(13)3-5-11;1-9(7-10-8-15-12(13)14-10)16-11-5-3-2-4-6-11/h3-6,10-11H,7-8H2,1-2H3,(H2,14,15);2-5,8,10H,6-7H2,1H3,(H2,14,15);2-6,9-10H,7-8H2,1H3,(H2,13,14)/t10?,11-;8?,10-;9?,10-/m000/s1. The predicted molar refractivity (Wildman–Crippen MR) is 197 cm³/mol. The molecule has 270 valence electrons. The maximum absolute atomic E-state index is 5.83. The van der Waals surface area contributed by atoms with Gasteiger partial charge in [0.2, 0.25) is 0 Å². The second-order valence-electron chi connectivity index (χ2n) is 12.4. The molecule has 6 atom stereocenters. The SMILES string of the molecule is CC(C[C@H]1COC(N)=N1)Oc1ccc(Cl)cc1.CC(C[C@H]1COC(N)=N1)Oc1ccccc1.Cc1cccc(OC(C)C[C@H]2COC(N)=N2)c1. The van der Waals surface area contributed by atoms with Crippen LogP contribution in [0.3, 0.4) is 0 Å². The van der Waals surface area contributed by atoms with E-state index in [1.165, 1.54) is 5.56 Å². The molecule has 0 spiro atoms. The fourth-order valence-electron chi connectivity index (χ4n) is 5.36. The van der Waals surface area contributed by atoms with E-state index in [4.69, 9.17) is 57.2 Å². The summed E-state index contributed by atoms with van der Waals surface area (Å²) in [5.41, 5.74) is 17.5. The molecule has 6 rings (SSSR count). The van der Waals surface area contributed by atoms with Crippen LogP contribution in [-0.4, -0.2) is 74.3 Å². The number of aliphatic imine (C=N–C) groups is 3. The first-order chi connectivity index (χ1) is 24.0. The number of para-hydroxylation sites is 1. The number of hydrogen-bond acceptors (Lipinski definition) is 12. The van der Waals surface area contributed by atoms with Crippen molar-refractivity contribution in [3.8, 4) is 17.2 Å². The Bertz CT molecular complexity index is 1560. The van der Waals surface area contributed by atoms with Crippen LogP contribution < -0.4 is 31.4 Å². The van der Waals surface area contributed by atoms with E-state index in [1.54, 1.807) is 12.1 Å². The Morgan fingerprint density at radius 2 is 1.00 bits per heavy atom. The fourth-order valence-corrected chi connectivity index (χ4v) is 5.49. The molecule has 3 unspecified atom stereocenters. The zero-order valence-corrected chi connectivity index (χ0v) is 29.9. The van der Waals surface area contributed by atoms with Crippen molar-refractivity contribution >= 4 is 29.7 Å². The van der Waals surface area contributed by atoms with Crippen molar-refractivity contribution in [3.63, 3.8) is 0 Å². The minimum absolute atomic E-state index is 0.0550. The summed E-state index contributed by atoms with van der Waals surface area (Å²) in [4.78, 5) is 12.5. The van der Waals surface area contributed by atoms with Crippen LogP contribution in [0.5, 0.6) is 17.2 Å². The highest BCUT2D eigenvalue weighted by atomic mass is 35.5. The van der Waals surface area contributed by atoms with Gasteiger partial charge in [-0.15, -0.1) is 0 Å². The van der Waals surface area contributed by atoms with Crippen molar-refractivity contribution in [2.24, 2.45) is 32.2 Å². The van der Waals surface area contributed by atoms with Crippen LogP contribution in [0, 0.1) is 6.92 Å². The Morgan fingerprint density at radius 1 is 0.600 bits per heavy atom. The van der Waals surface area contributed by atoms with E-state index in [2.05, 4.69) is 15.0 Å². The molecule has 0 saturated carbocycles. The zero-order chi connectivity index (χ0) is 35.9. The van der Waals surface area contributed by atoms with Gasteiger partial charge in [0.15, 0.2) is 0 Å². The highest BCUT2D eigenvalue weighted by Crippen LogP contribution is 2.20. The van der Waals surface area contributed by atoms with Crippen LogP contribution in [0.15, 0.2) is 93.8 Å². The molecule has 3 heterocycles. The summed E-state index contributed by atoms with van der Waals surface area (Å²) in [6.07, 6.45) is 2.67. The van der Waals surface area contributed by atoms with Gasteiger partial charge in [-0.1, -0.05) is 41.9 Å². The van der Waals surface area contributed by atoms with Gasteiger partial charge in [-0.25, -0.2) is 15.0 Å². The zero-order valence-electron chi connectivity index (χ0n) is 29.1. The summed E-state index contributed by atoms with van der Waals surface area (Å²) in [6.45, 7) is 9.77. The van der Waals surface area contributed by atoms with E-state index < -0.39 is 0 Å². The van der Waals surface area contributed by atoms with Crippen molar-refractivity contribution in [3.05, 3.63) is 89.4 Å². The molecule has 0 amide bonds. The van der Waals surface area contributed by atoms with Crippen molar-refractivity contribution < 1.29 is 28.4 Å². The van der Waals surface area contributed by atoms with E-state index in [0.29, 0.717) is 24.8 Å². The van der Waals surface area contributed by atoms with Gasteiger partial charge in [-0.2, -0.15) is 0 Å². The number of nitrogens with two attached hydrogens (primary N) is 3. The number of nitrogens with zero attached hydrogens (tertiary/aromatic N) is 3. The highest BCUT2D eigenvalue weighted by Gasteiger charge is 2.22. The first-order valence-electron chi connectivity index (χ1n) is 16.8. The first kappa shape index (κ1) is 38.0. The Hall–Kier alpha value is -4.84. The number of halogens is 1. The predicted octanol–water partition coefficient (Wildman–Crippen LogP) is 5.63. The monoisotopic (exact) mass is 708 g/mol. The maximum atomic E-state index is 5.83. The van der Waals surface area contributed by atoms with Crippen LogP contribution >= 0.6 is 11.6 Å². The lowest BCUT2D eigenvalue weighted by Gasteiger charge is -2.16. The molecule has 3 aromatic carbocycles. The molecule has 50 heavy (non-hydrogen) atoms. The van der Waals surface area contributed by atoms with E-state index in [-0.39, 0.29) is 54.5 Å². The van der Waals surface area contributed by atoms with Crippen LogP contribution in [-0.2, 0) is 14.2 Å². The number of aryl methyl sites for hydroxylation is 1. The summed E-state index contributed by atoms with van der Waals surface area (Å²) in [5.74, 6) is 2.58. The van der Waals surface area contributed by atoms with E-state index in [9.17, 15) is 0 Å². The average molecular weight is 709 g/mol. The molecule has 3 aliphatic rings. The number of ether oxygens (including phenoxy) is 6. The number of hydrogen-bond donors (Lipinski definition) is 3. The Morgan fingerprint density at radius 3 is 1.40 bits per heavy atom. The van der Waals surface area contributed by atoms with Gasteiger partial charge in [-0.3, -0.25) is 0 Å². The third-order valence-corrected chi connectivity index (χ3v) is 7.82. The second kappa shape index (κ2) is 19.4. The summed E-state index contributed by atoms with van der Waals surface area (Å²) in [6, 6.07) is 26.3. The molecule has 13 heteroatoms. The van der Waals surface area contributed by atoms with Gasteiger partial charge in [0.05, 0.1) is 36.4 Å². The summed E-state index contributed by atoms with van der Waals surface area (Å²) in [7, 11) is 0. The molecule has 0 bridgehead atoms. The third-order valence-electron chi connectivity index (χ3n) is 7.57. The molecule has 6 N–H and O–H groups in total. The average Bonchev–Trinajstić information content (AvgIpc) is 3.80. The molecular formula is C37H49ClN6O6. The molecule has 3 aliphatic heterocycles. The number of amidine groups is 3. The van der Waals surface area contributed by atoms with Crippen LogP contribution in [0.1, 0.15) is 45.6 Å². The lowest BCUT2D eigenvalue weighted by atomic mass is 10.1. The largest absolute Gasteiger partial charge is 0.491 e. The molecule has 0 aliphatic carbocycles. The van der Waals surface area contributed by atoms with E-state index in [1.807, 2.05) is 94.4 Å². The summed E-state index contributed by atoms with van der Waals surface area (Å²) in [5, 5.41) is 0.701. The fraction of sp³-hybridized carbons (Fsp3) is 0.432. The van der Waals surface area contributed by atoms with Crippen molar-refractivity contribution in [2.75, 3.05) is 19.8 Å². The normalized spacial score (nSPS) is 20.7.